The van der Waals surface area contributed by atoms with Gasteiger partial charge in [-0.1, -0.05) is 43.3 Å². The molecule has 0 unspecified atom stereocenters. The summed E-state index contributed by atoms with van der Waals surface area (Å²) in [5.74, 6) is 1.99. The smallest absolute Gasteiger partial charge is 0.241 e. The molecule has 1 aliphatic heterocycles. The van der Waals surface area contributed by atoms with Crippen LogP contribution in [0.25, 0.3) is 11.4 Å². The average Bonchev–Trinajstić information content (AvgIpc) is 3.20. The van der Waals surface area contributed by atoms with Crippen LogP contribution in [0, 0.1) is 5.92 Å². The number of ether oxygens (including phenoxy) is 1. The summed E-state index contributed by atoms with van der Waals surface area (Å²) < 4.78 is 10.5. The summed E-state index contributed by atoms with van der Waals surface area (Å²) in [6.45, 7) is 8.04. The summed E-state index contributed by atoms with van der Waals surface area (Å²) in [5.41, 5.74) is 2.26. The van der Waals surface area contributed by atoms with Gasteiger partial charge in [-0.05, 0) is 43.8 Å². The number of hydrogen-bond donors (Lipinski definition) is 1. The fraction of sp³-hybridized carbons (Fsp3) is 0.591. The fourth-order valence-electron chi connectivity index (χ4n) is 3.57. The first-order valence-corrected chi connectivity index (χ1v) is 10.5. The van der Waals surface area contributed by atoms with E-state index in [9.17, 15) is 4.79 Å². The number of likely N-dealkylation sites (tertiary alicyclic amines) is 1. The fourth-order valence-corrected chi connectivity index (χ4v) is 3.57. The van der Waals surface area contributed by atoms with E-state index < -0.39 is 0 Å². The van der Waals surface area contributed by atoms with Crippen LogP contribution >= 0.6 is 0 Å². The molecule has 1 saturated heterocycles. The third kappa shape index (κ3) is 6.11. The van der Waals surface area contributed by atoms with Crippen LogP contribution in [0.5, 0.6) is 0 Å². The third-order valence-electron chi connectivity index (χ3n) is 5.45. The van der Waals surface area contributed by atoms with Gasteiger partial charge in [0.15, 0.2) is 0 Å². The van der Waals surface area contributed by atoms with Crippen molar-refractivity contribution in [2.75, 3.05) is 33.4 Å². The Bertz CT molecular complexity index is 765. The Kier molecular flexibility index (Phi) is 7.77. The van der Waals surface area contributed by atoms with Gasteiger partial charge >= 0.3 is 0 Å². The minimum absolute atomic E-state index is 0.0894. The second-order valence-corrected chi connectivity index (χ2v) is 7.98. The predicted molar refractivity (Wildman–Crippen MR) is 111 cm³/mol. The molecule has 7 nitrogen and oxygen atoms in total. The minimum atomic E-state index is 0.0894. The average molecular weight is 401 g/mol. The third-order valence-corrected chi connectivity index (χ3v) is 5.45. The van der Waals surface area contributed by atoms with Crippen LogP contribution in [0.4, 0.5) is 0 Å². The molecule has 29 heavy (non-hydrogen) atoms. The van der Waals surface area contributed by atoms with Crippen molar-refractivity contribution in [2.24, 2.45) is 5.92 Å². The van der Waals surface area contributed by atoms with Crippen molar-refractivity contribution in [3.63, 3.8) is 0 Å². The Labute approximate surface area is 172 Å². The lowest BCUT2D eigenvalue weighted by Crippen LogP contribution is -2.40. The molecule has 1 N–H and O–H groups in total. The van der Waals surface area contributed by atoms with Crippen molar-refractivity contribution in [1.82, 2.24) is 20.4 Å². The van der Waals surface area contributed by atoms with Crippen molar-refractivity contribution in [2.45, 2.75) is 45.6 Å². The number of hydrogen-bond acceptors (Lipinski definition) is 6. The Morgan fingerprint density at radius 3 is 2.66 bits per heavy atom. The van der Waals surface area contributed by atoms with Crippen molar-refractivity contribution in [1.29, 1.82) is 0 Å². The molecule has 0 atom stereocenters. The summed E-state index contributed by atoms with van der Waals surface area (Å²) in [4.78, 5) is 19.1. The molecule has 0 saturated carbocycles. The van der Waals surface area contributed by atoms with Gasteiger partial charge in [0.05, 0.1) is 6.54 Å². The first-order chi connectivity index (χ1) is 14.1. The molecule has 0 spiro atoms. The molecule has 1 fully saturated rings. The number of nitrogens with one attached hydrogen (secondary N) is 1. The van der Waals surface area contributed by atoms with E-state index in [0.717, 1.165) is 37.9 Å². The number of piperidine rings is 1. The number of benzene rings is 1. The molecular weight excluding hydrogens is 368 g/mol. The zero-order valence-corrected chi connectivity index (χ0v) is 17.7. The van der Waals surface area contributed by atoms with Crippen LogP contribution in [0.1, 0.15) is 50.5 Å². The zero-order chi connectivity index (χ0) is 20.6. The number of carbonyl (C=O) groups is 1. The number of nitrogens with zero attached hydrogens (tertiary/aromatic N) is 3. The first kappa shape index (κ1) is 21.5. The van der Waals surface area contributed by atoms with Crippen LogP contribution in [-0.4, -0.2) is 54.3 Å². The summed E-state index contributed by atoms with van der Waals surface area (Å²) in [6, 6.07) is 8.31. The molecule has 1 amide bonds. The molecule has 0 radical (unpaired) electrons. The van der Waals surface area contributed by atoms with Gasteiger partial charge in [0.2, 0.25) is 17.6 Å². The van der Waals surface area contributed by atoms with E-state index in [2.05, 4.69) is 46.3 Å². The molecule has 1 aliphatic rings. The molecule has 0 bridgehead atoms. The molecule has 0 aliphatic carbocycles. The highest BCUT2D eigenvalue weighted by molar-refractivity contribution is 5.78. The molecule has 1 aromatic heterocycles. The molecule has 2 heterocycles. The number of rotatable bonds is 9. The Balaban J connectivity index is 1.46. The molecule has 158 valence electrons. The quantitative estimate of drug-likeness (QED) is 0.651. The van der Waals surface area contributed by atoms with E-state index in [0.29, 0.717) is 37.3 Å². The van der Waals surface area contributed by atoms with Gasteiger partial charge in [-0.25, -0.2) is 0 Å². The Morgan fingerprint density at radius 1 is 1.28 bits per heavy atom. The number of aromatic nitrogens is 2. The summed E-state index contributed by atoms with van der Waals surface area (Å²) in [6.07, 6.45) is 2.56. The maximum absolute atomic E-state index is 12.2. The van der Waals surface area contributed by atoms with E-state index in [1.165, 1.54) is 5.56 Å². The minimum Gasteiger partial charge on any atom is -0.385 e. The lowest BCUT2D eigenvalue weighted by Gasteiger charge is -2.30. The van der Waals surface area contributed by atoms with Crippen LogP contribution < -0.4 is 5.32 Å². The Morgan fingerprint density at radius 2 is 2.00 bits per heavy atom. The number of amides is 1. The Hall–Kier alpha value is -2.25. The molecule has 2 aromatic rings. The van der Waals surface area contributed by atoms with Crippen molar-refractivity contribution in [3.05, 3.63) is 35.7 Å². The van der Waals surface area contributed by atoms with Gasteiger partial charge in [0.25, 0.3) is 0 Å². The molecule has 3 rings (SSSR count). The van der Waals surface area contributed by atoms with Gasteiger partial charge in [0.1, 0.15) is 0 Å². The van der Waals surface area contributed by atoms with E-state index in [1.807, 2.05) is 12.1 Å². The van der Waals surface area contributed by atoms with Crippen LogP contribution in [0.2, 0.25) is 0 Å². The SMILES string of the molecule is COCCCNC(=O)C1CCN(Cc2nc(-c3ccc(C(C)C)cc3)no2)CC1. The van der Waals surface area contributed by atoms with Gasteiger partial charge in [-0.2, -0.15) is 4.98 Å². The first-order valence-electron chi connectivity index (χ1n) is 10.5. The molecule has 1 aromatic carbocycles. The van der Waals surface area contributed by atoms with Gasteiger partial charge in [-0.3, -0.25) is 9.69 Å². The molecule has 7 heteroatoms. The number of methoxy groups -OCH3 is 1. The maximum Gasteiger partial charge on any atom is 0.241 e. The van der Waals surface area contributed by atoms with Crippen LogP contribution in [0.15, 0.2) is 28.8 Å². The standard InChI is InChI=1S/C22H32N4O3/c1-16(2)17-5-7-18(8-6-17)21-24-20(29-25-21)15-26-12-9-19(10-13-26)22(27)23-11-4-14-28-3/h5-8,16,19H,4,9-15H2,1-3H3,(H,23,27). The van der Waals surface area contributed by atoms with Crippen molar-refractivity contribution < 1.29 is 14.1 Å². The van der Waals surface area contributed by atoms with Gasteiger partial charge < -0.3 is 14.6 Å². The highest BCUT2D eigenvalue weighted by Crippen LogP contribution is 2.22. The lowest BCUT2D eigenvalue weighted by atomic mass is 9.96. The van der Waals surface area contributed by atoms with Crippen LogP contribution in [0.3, 0.4) is 0 Å². The van der Waals surface area contributed by atoms with Gasteiger partial charge in [-0.15, -0.1) is 0 Å². The highest BCUT2D eigenvalue weighted by atomic mass is 16.5. The summed E-state index contributed by atoms with van der Waals surface area (Å²) in [5, 5.41) is 7.14. The normalized spacial score (nSPS) is 15.7. The topological polar surface area (TPSA) is 80.5 Å². The van der Waals surface area contributed by atoms with Crippen molar-refractivity contribution in [3.8, 4) is 11.4 Å². The maximum atomic E-state index is 12.2. The second kappa shape index (κ2) is 10.5. The van der Waals surface area contributed by atoms with Crippen molar-refractivity contribution >= 4 is 5.91 Å². The highest BCUT2D eigenvalue weighted by Gasteiger charge is 2.25. The predicted octanol–water partition coefficient (Wildman–Crippen LogP) is 3.22. The van der Waals surface area contributed by atoms with E-state index >= 15 is 0 Å². The zero-order valence-electron chi connectivity index (χ0n) is 17.7. The summed E-state index contributed by atoms with van der Waals surface area (Å²) in [7, 11) is 1.67. The van der Waals surface area contributed by atoms with E-state index in [-0.39, 0.29) is 11.8 Å². The molecular formula is C22H32N4O3. The largest absolute Gasteiger partial charge is 0.385 e. The summed E-state index contributed by atoms with van der Waals surface area (Å²) >= 11 is 0. The van der Waals surface area contributed by atoms with E-state index in [1.54, 1.807) is 7.11 Å². The van der Waals surface area contributed by atoms with E-state index in [4.69, 9.17) is 9.26 Å². The number of carbonyl (C=O) groups excluding carboxylic acids is 1. The second-order valence-electron chi connectivity index (χ2n) is 7.98. The van der Waals surface area contributed by atoms with Gasteiger partial charge in [0, 0.05) is 31.7 Å². The monoisotopic (exact) mass is 400 g/mol. The van der Waals surface area contributed by atoms with Crippen LogP contribution in [-0.2, 0) is 16.1 Å². The lowest BCUT2D eigenvalue weighted by molar-refractivity contribution is -0.126.